The maximum absolute atomic E-state index is 12.4. The third-order valence-corrected chi connectivity index (χ3v) is 3.82. The molecule has 0 heterocycles. The molecule has 3 heteroatoms. The number of ketones is 2. The van der Waals surface area contributed by atoms with Crippen LogP contribution in [-0.4, -0.2) is 22.3 Å². The molecule has 0 saturated heterocycles. The summed E-state index contributed by atoms with van der Waals surface area (Å²) in [5.41, 5.74) is -0.0943. The zero-order valence-electron chi connectivity index (χ0n) is 11.4. The van der Waals surface area contributed by atoms with Gasteiger partial charge < -0.3 is 5.11 Å². The Morgan fingerprint density at radius 2 is 1.38 bits per heavy atom. The van der Waals surface area contributed by atoms with Gasteiger partial charge >= 0.3 is 0 Å². The van der Waals surface area contributed by atoms with Crippen LogP contribution in [0.5, 0.6) is 0 Å². The number of rotatable bonds is 3. The van der Waals surface area contributed by atoms with Crippen molar-refractivity contribution in [3.63, 3.8) is 0 Å². The molecule has 0 radical (unpaired) electrons. The fourth-order valence-electron chi connectivity index (χ4n) is 2.67. The van der Waals surface area contributed by atoms with Crippen molar-refractivity contribution >= 4 is 17.1 Å². The van der Waals surface area contributed by atoms with Crippen LogP contribution in [0.15, 0.2) is 61.2 Å². The largest absolute Gasteiger partial charge is 0.374 e. The van der Waals surface area contributed by atoms with Crippen LogP contribution in [0.1, 0.15) is 32.7 Å². The Morgan fingerprint density at radius 3 is 1.90 bits per heavy atom. The van der Waals surface area contributed by atoms with E-state index >= 15 is 0 Å². The van der Waals surface area contributed by atoms with Gasteiger partial charge in [-0.2, -0.15) is 0 Å². The number of hydrogen-bond donors (Lipinski definition) is 1. The topological polar surface area (TPSA) is 54.4 Å². The van der Waals surface area contributed by atoms with E-state index in [0.717, 1.165) is 5.56 Å². The van der Waals surface area contributed by atoms with Crippen molar-refractivity contribution in [1.29, 1.82) is 0 Å². The average Bonchev–Trinajstić information content (AvgIpc) is 2.71. The number of fused-ring (bicyclic) bond motifs is 1. The molecule has 0 spiro atoms. The number of benzene rings is 2. The molecular formula is C18H14O3. The number of Topliss-reactive ketones (excluding diaryl/α,β-unsaturated/α-hetero) is 2. The van der Waals surface area contributed by atoms with E-state index in [-0.39, 0.29) is 17.5 Å². The lowest BCUT2D eigenvalue weighted by Crippen LogP contribution is -2.41. The van der Waals surface area contributed by atoms with E-state index in [9.17, 15) is 14.7 Å². The lowest BCUT2D eigenvalue weighted by atomic mass is 9.87. The quantitative estimate of drug-likeness (QED) is 0.878. The van der Waals surface area contributed by atoms with E-state index in [1.54, 1.807) is 24.3 Å². The molecule has 2 aromatic rings. The van der Waals surface area contributed by atoms with Crippen LogP contribution in [0.4, 0.5) is 0 Å². The Hall–Kier alpha value is -2.52. The van der Waals surface area contributed by atoms with Crippen molar-refractivity contribution in [2.75, 3.05) is 0 Å². The normalized spacial score (nSPS) is 15.9. The average molecular weight is 278 g/mol. The summed E-state index contributed by atoms with van der Waals surface area (Å²) in [5.74, 6) is -1.08. The lowest BCUT2D eigenvalue weighted by molar-refractivity contribution is 0.0351. The number of carbonyl (C=O) groups excluding carboxylic acids is 2. The van der Waals surface area contributed by atoms with E-state index in [1.807, 2.05) is 30.3 Å². The van der Waals surface area contributed by atoms with Crippen molar-refractivity contribution < 1.29 is 14.7 Å². The van der Waals surface area contributed by atoms with Gasteiger partial charge in [-0.15, -0.1) is 0 Å². The maximum Gasteiger partial charge on any atom is 0.203 e. The highest BCUT2D eigenvalue weighted by Crippen LogP contribution is 2.36. The van der Waals surface area contributed by atoms with Crippen LogP contribution >= 0.6 is 0 Å². The third kappa shape index (κ3) is 2.03. The van der Waals surface area contributed by atoms with Gasteiger partial charge in [0.2, 0.25) is 11.6 Å². The summed E-state index contributed by atoms with van der Waals surface area (Å²) in [6.07, 6.45) is -0.0939. The second-order valence-electron chi connectivity index (χ2n) is 5.21. The van der Waals surface area contributed by atoms with E-state index in [4.69, 9.17) is 0 Å². The molecule has 0 aliphatic heterocycles. The van der Waals surface area contributed by atoms with Crippen molar-refractivity contribution in [3.8, 4) is 0 Å². The van der Waals surface area contributed by atoms with Crippen molar-refractivity contribution in [3.05, 3.63) is 77.9 Å². The standard InChI is InChI=1S/C18H14O3/c1-12(13-7-3-2-4-8-13)11-18(21)16(19)14-9-5-6-10-15(14)17(18)20/h2-10,21H,1,11H2. The van der Waals surface area contributed by atoms with Crippen LogP contribution in [0.2, 0.25) is 0 Å². The van der Waals surface area contributed by atoms with Gasteiger partial charge in [0, 0.05) is 17.5 Å². The smallest absolute Gasteiger partial charge is 0.203 e. The second kappa shape index (κ2) is 4.79. The molecular weight excluding hydrogens is 264 g/mol. The van der Waals surface area contributed by atoms with Crippen LogP contribution in [0.25, 0.3) is 5.57 Å². The molecule has 1 N–H and O–H groups in total. The minimum absolute atomic E-state index is 0.0939. The summed E-state index contributed by atoms with van der Waals surface area (Å²) in [5, 5.41) is 10.6. The first kappa shape index (κ1) is 13.5. The minimum Gasteiger partial charge on any atom is -0.374 e. The van der Waals surface area contributed by atoms with Gasteiger partial charge in [-0.05, 0) is 11.1 Å². The van der Waals surface area contributed by atoms with Gasteiger partial charge in [0.15, 0.2) is 5.60 Å². The fourth-order valence-corrected chi connectivity index (χ4v) is 2.67. The molecule has 3 nitrogen and oxygen atoms in total. The van der Waals surface area contributed by atoms with Gasteiger partial charge in [-0.1, -0.05) is 61.2 Å². The molecule has 0 bridgehead atoms. The SMILES string of the molecule is C=C(CC1(O)C(=O)c2ccccc2C1=O)c1ccccc1. The van der Waals surface area contributed by atoms with E-state index in [0.29, 0.717) is 5.57 Å². The van der Waals surface area contributed by atoms with Gasteiger partial charge in [0.1, 0.15) is 0 Å². The molecule has 0 saturated carbocycles. The molecule has 1 aliphatic rings. The summed E-state index contributed by atoms with van der Waals surface area (Å²) in [6.45, 7) is 3.90. The Labute approximate surface area is 122 Å². The molecule has 1 aliphatic carbocycles. The molecule has 21 heavy (non-hydrogen) atoms. The first-order valence-corrected chi connectivity index (χ1v) is 6.68. The van der Waals surface area contributed by atoms with Crippen LogP contribution in [0.3, 0.4) is 0 Å². The molecule has 0 fully saturated rings. The van der Waals surface area contributed by atoms with Crippen molar-refractivity contribution in [1.82, 2.24) is 0 Å². The second-order valence-corrected chi connectivity index (χ2v) is 5.21. The zero-order valence-corrected chi connectivity index (χ0v) is 11.4. The molecule has 0 unspecified atom stereocenters. The Kier molecular flexibility index (Phi) is 3.07. The number of hydrogen-bond acceptors (Lipinski definition) is 3. The monoisotopic (exact) mass is 278 g/mol. The summed E-state index contributed by atoms with van der Waals surface area (Å²) in [7, 11) is 0. The summed E-state index contributed by atoms with van der Waals surface area (Å²) in [4.78, 5) is 24.8. The van der Waals surface area contributed by atoms with Crippen molar-refractivity contribution in [2.24, 2.45) is 0 Å². The van der Waals surface area contributed by atoms with Crippen LogP contribution in [0, 0.1) is 0 Å². The molecule has 104 valence electrons. The first-order chi connectivity index (χ1) is 10.0. The molecule has 0 aromatic heterocycles. The van der Waals surface area contributed by atoms with Crippen molar-refractivity contribution in [2.45, 2.75) is 12.0 Å². The minimum atomic E-state index is -2.03. The highest BCUT2D eigenvalue weighted by Gasteiger charge is 2.51. The molecule has 2 aromatic carbocycles. The van der Waals surface area contributed by atoms with E-state index in [1.165, 1.54) is 0 Å². The van der Waals surface area contributed by atoms with Gasteiger partial charge in [-0.3, -0.25) is 9.59 Å². The fraction of sp³-hybridized carbons (Fsp3) is 0.111. The maximum atomic E-state index is 12.4. The van der Waals surface area contributed by atoms with E-state index in [2.05, 4.69) is 6.58 Å². The molecule has 0 amide bonds. The number of carbonyl (C=O) groups is 2. The predicted octanol–water partition coefficient (Wildman–Crippen LogP) is 2.90. The molecule has 3 rings (SSSR count). The van der Waals surface area contributed by atoms with Gasteiger partial charge in [-0.25, -0.2) is 0 Å². The highest BCUT2D eigenvalue weighted by atomic mass is 16.3. The lowest BCUT2D eigenvalue weighted by Gasteiger charge is -2.20. The van der Waals surface area contributed by atoms with Crippen LogP contribution in [-0.2, 0) is 0 Å². The zero-order chi connectivity index (χ0) is 15.0. The number of aliphatic hydroxyl groups is 1. The van der Waals surface area contributed by atoms with E-state index < -0.39 is 17.2 Å². The highest BCUT2D eigenvalue weighted by molar-refractivity contribution is 6.32. The summed E-state index contributed by atoms with van der Waals surface area (Å²) in [6, 6.07) is 15.7. The summed E-state index contributed by atoms with van der Waals surface area (Å²) < 4.78 is 0. The Morgan fingerprint density at radius 1 is 0.905 bits per heavy atom. The Bertz CT molecular complexity index is 709. The summed E-state index contributed by atoms with van der Waals surface area (Å²) >= 11 is 0. The van der Waals surface area contributed by atoms with Crippen LogP contribution < -0.4 is 0 Å². The van der Waals surface area contributed by atoms with Gasteiger partial charge in [0.05, 0.1) is 0 Å². The predicted molar refractivity (Wildman–Crippen MR) is 80.1 cm³/mol. The first-order valence-electron chi connectivity index (χ1n) is 6.68. The third-order valence-electron chi connectivity index (χ3n) is 3.82. The Balaban J connectivity index is 1.95. The van der Waals surface area contributed by atoms with Gasteiger partial charge in [0.25, 0.3) is 0 Å². The molecule has 0 atom stereocenters.